The van der Waals surface area contributed by atoms with E-state index in [1.54, 1.807) is 0 Å². The summed E-state index contributed by atoms with van der Waals surface area (Å²) in [6, 6.07) is 17.6. The molecule has 1 aliphatic carbocycles. The summed E-state index contributed by atoms with van der Waals surface area (Å²) in [6.07, 6.45) is 3.42. The van der Waals surface area contributed by atoms with E-state index in [0.29, 0.717) is 28.0 Å². The number of thioether (sulfide) groups is 1. The zero-order valence-corrected chi connectivity index (χ0v) is 22.1. The minimum absolute atomic E-state index is 0.00471. The second-order valence-electron chi connectivity index (χ2n) is 9.59. The Hall–Kier alpha value is -2.90. The van der Waals surface area contributed by atoms with Crippen LogP contribution in [0.2, 0.25) is 5.02 Å². The highest BCUT2D eigenvalue weighted by Crippen LogP contribution is 2.34. The van der Waals surface area contributed by atoms with Crippen molar-refractivity contribution in [2.24, 2.45) is 11.8 Å². The molecule has 1 amide bonds. The molecule has 0 unspecified atom stereocenters. The summed E-state index contributed by atoms with van der Waals surface area (Å²) < 4.78 is 6.05. The summed E-state index contributed by atoms with van der Waals surface area (Å²) in [5.41, 5.74) is 3.36. The molecule has 4 aromatic rings. The van der Waals surface area contributed by atoms with Gasteiger partial charge in [-0.05, 0) is 49.4 Å². The predicted octanol–water partition coefficient (Wildman–Crippen LogP) is 7.03. The van der Waals surface area contributed by atoms with Crippen molar-refractivity contribution in [2.45, 2.75) is 56.5 Å². The lowest BCUT2D eigenvalue weighted by atomic mass is 9.78. The number of nitrogens with zero attached hydrogens (tertiary/aromatic N) is 3. The van der Waals surface area contributed by atoms with E-state index in [1.807, 2.05) is 61.5 Å². The van der Waals surface area contributed by atoms with Crippen LogP contribution in [0.3, 0.4) is 0 Å². The lowest BCUT2D eigenvalue weighted by Crippen LogP contribution is -2.46. The minimum atomic E-state index is -0.346. The van der Waals surface area contributed by atoms with Crippen molar-refractivity contribution in [2.75, 3.05) is 0 Å². The second kappa shape index (κ2) is 10.6. The Morgan fingerprint density at radius 1 is 1.11 bits per heavy atom. The van der Waals surface area contributed by atoms with Crippen LogP contribution in [0.5, 0.6) is 0 Å². The van der Waals surface area contributed by atoms with Crippen molar-refractivity contribution < 1.29 is 9.21 Å². The van der Waals surface area contributed by atoms with Crippen molar-refractivity contribution in [3.8, 4) is 22.7 Å². The molecule has 0 radical (unpaired) electrons. The molecule has 0 saturated heterocycles. The summed E-state index contributed by atoms with van der Waals surface area (Å²) in [5, 5.41) is 13.4. The average Bonchev–Trinajstić information content (AvgIpc) is 3.34. The zero-order chi connectivity index (χ0) is 25.2. The van der Waals surface area contributed by atoms with E-state index in [0.717, 1.165) is 40.6 Å². The highest BCUT2D eigenvalue weighted by Gasteiger charge is 2.30. The van der Waals surface area contributed by atoms with Gasteiger partial charge in [0.1, 0.15) is 0 Å². The number of benzene rings is 2. The minimum Gasteiger partial charge on any atom is -0.411 e. The molecule has 0 bridgehead atoms. The predicted molar refractivity (Wildman–Crippen MR) is 145 cm³/mol. The van der Waals surface area contributed by atoms with E-state index in [9.17, 15) is 4.79 Å². The molecular weight excluding hydrogens is 492 g/mol. The van der Waals surface area contributed by atoms with Gasteiger partial charge in [0.25, 0.3) is 5.22 Å². The van der Waals surface area contributed by atoms with E-state index in [1.165, 1.54) is 18.2 Å². The van der Waals surface area contributed by atoms with Crippen molar-refractivity contribution in [3.63, 3.8) is 0 Å². The van der Waals surface area contributed by atoms with E-state index in [-0.39, 0.29) is 17.2 Å². The fourth-order valence-electron chi connectivity index (χ4n) is 4.78. The number of amides is 1. The van der Waals surface area contributed by atoms with Gasteiger partial charge < -0.3 is 9.73 Å². The van der Waals surface area contributed by atoms with Gasteiger partial charge >= 0.3 is 0 Å². The number of pyridine rings is 1. The smallest absolute Gasteiger partial charge is 0.277 e. The third-order valence-electron chi connectivity index (χ3n) is 7.17. The number of nitrogens with one attached hydrogen (secondary N) is 1. The first-order valence-electron chi connectivity index (χ1n) is 12.4. The molecule has 2 aromatic carbocycles. The van der Waals surface area contributed by atoms with Crippen LogP contribution in [0.1, 0.15) is 40.0 Å². The first-order valence-corrected chi connectivity index (χ1v) is 13.6. The average molecular weight is 521 g/mol. The lowest BCUT2D eigenvalue weighted by Gasteiger charge is -2.35. The van der Waals surface area contributed by atoms with Crippen LogP contribution in [0.4, 0.5) is 0 Å². The Morgan fingerprint density at radius 2 is 1.89 bits per heavy atom. The zero-order valence-electron chi connectivity index (χ0n) is 20.6. The third-order valence-corrected chi connectivity index (χ3v) is 8.36. The molecule has 1 fully saturated rings. The van der Waals surface area contributed by atoms with Gasteiger partial charge in [0.05, 0.1) is 22.0 Å². The fourth-order valence-corrected chi connectivity index (χ4v) is 5.60. The molecule has 6 nitrogen and oxygen atoms in total. The molecule has 36 heavy (non-hydrogen) atoms. The highest BCUT2D eigenvalue weighted by molar-refractivity contribution is 8.00. The summed E-state index contributed by atoms with van der Waals surface area (Å²) in [6.45, 7) is 6.37. The van der Waals surface area contributed by atoms with Crippen molar-refractivity contribution >= 4 is 40.2 Å². The second-order valence-corrected chi connectivity index (χ2v) is 11.3. The van der Waals surface area contributed by atoms with Gasteiger partial charge in [-0.2, -0.15) is 0 Å². The fraction of sp³-hybridized carbons (Fsp3) is 0.357. The van der Waals surface area contributed by atoms with Gasteiger partial charge in [0.15, 0.2) is 0 Å². The highest BCUT2D eigenvalue weighted by atomic mass is 35.5. The van der Waals surface area contributed by atoms with Crippen LogP contribution in [0.25, 0.3) is 33.6 Å². The quantitative estimate of drug-likeness (QED) is 0.275. The third kappa shape index (κ3) is 5.27. The van der Waals surface area contributed by atoms with Crippen LogP contribution >= 0.6 is 23.4 Å². The van der Waals surface area contributed by atoms with Gasteiger partial charge in [-0.25, -0.2) is 4.98 Å². The molecule has 1 saturated carbocycles. The molecular formula is C28H29ClN4O2S. The maximum absolute atomic E-state index is 12.9. The maximum Gasteiger partial charge on any atom is 0.277 e. The van der Waals surface area contributed by atoms with E-state index >= 15 is 0 Å². The summed E-state index contributed by atoms with van der Waals surface area (Å²) in [4.78, 5) is 17.7. The van der Waals surface area contributed by atoms with Gasteiger partial charge in [-0.15, -0.1) is 10.2 Å². The van der Waals surface area contributed by atoms with Crippen LogP contribution < -0.4 is 5.32 Å². The first kappa shape index (κ1) is 24.8. The van der Waals surface area contributed by atoms with Crippen LogP contribution in [0.15, 0.2) is 64.2 Å². The molecule has 2 aromatic heterocycles. The number of halogens is 1. The first-order chi connectivity index (χ1) is 17.4. The van der Waals surface area contributed by atoms with Gasteiger partial charge in [0, 0.05) is 22.0 Å². The molecule has 8 heteroatoms. The number of hydrogen-bond acceptors (Lipinski definition) is 6. The summed E-state index contributed by atoms with van der Waals surface area (Å²) >= 11 is 7.35. The molecule has 0 aliphatic heterocycles. The molecule has 1 N–H and O–H groups in total. The standard InChI is InChI=1S/C28H29ClN4O2S/c1-16-7-6-10-23(17(16)2)31-26(34)18(3)36-28-33-32-27(35-28)22-15-25(19-11-13-20(29)14-12-19)30-24-9-5-4-8-21(22)24/h4-5,8-9,11-18,23H,6-7,10H2,1-3H3,(H,31,34)/t16-,17-,18-,23+/m0/s1. The molecule has 0 spiro atoms. The van der Waals surface area contributed by atoms with Crippen molar-refractivity contribution in [1.82, 2.24) is 20.5 Å². The molecule has 186 valence electrons. The van der Waals surface area contributed by atoms with Gasteiger partial charge in [-0.1, -0.05) is 80.4 Å². The molecule has 1 aliphatic rings. The monoisotopic (exact) mass is 520 g/mol. The summed E-state index contributed by atoms with van der Waals surface area (Å²) in [7, 11) is 0. The SMILES string of the molecule is C[C@H]1[C@@H](C)CCC[C@H]1NC(=O)[C@H](C)Sc1nnc(-c2cc(-c3ccc(Cl)cc3)nc3ccccc23)o1. The number of fused-ring (bicyclic) bond motifs is 1. The van der Waals surface area contributed by atoms with Crippen LogP contribution in [-0.2, 0) is 4.79 Å². The number of carbonyl (C=O) groups excluding carboxylic acids is 1. The molecule has 5 rings (SSSR count). The maximum atomic E-state index is 12.9. The molecule has 2 heterocycles. The molecule has 4 atom stereocenters. The van der Waals surface area contributed by atoms with Crippen LogP contribution in [0, 0.1) is 11.8 Å². The Balaban J connectivity index is 1.37. The Labute approximate surface area is 220 Å². The Morgan fingerprint density at radius 3 is 2.69 bits per heavy atom. The number of carbonyl (C=O) groups is 1. The van der Waals surface area contributed by atoms with Gasteiger partial charge in [0.2, 0.25) is 11.8 Å². The summed E-state index contributed by atoms with van der Waals surface area (Å²) in [5.74, 6) is 1.50. The number of para-hydroxylation sites is 1. The number of aromatic nitrogens is 3. The van der Waals surface area contributed by atoms with E-state index in [2.05, 4.69) is 29.4 Å². The van der Waals surface area contributed by atoms with Crippen molar-refractivity contribution in [1.29, 1.82) is 0 Å². The Bertz CT molecular complexity index is 1370. The van der Waals surface area contributed by atoms with E-state index < -0.39 is 0 Å². The van der Waals surface area contributed by atoms with Crippen LogP contribution in [-0.4, -0.2) is 32.4 Å². The van der Waals surface area contributed by atoms with Gasteiger partial charge in [-0.3, -0.25) is 4.79 Å². The largest absolute Gasteiger partial charge is 0.411 e. The number of hydrogen-bond donors (Lipinski definition) is 1. The Kier molecular flexibility index (Phi) is 7.30. The van der Waals surface area contributed by atoms with E-state index in [4.69, 9.17) is 21.0 Å². The normalized spacial score (nSPS) is 20.8. The number of rotatable bonds is 6. The lowest BCUT2D eigenvalue weighted by molar-refractivity contribution is -0.121. The topological polar surface area (TPSA) is 80.9 Å². The van der Waals surface area contributed by atoms with Crippen molar-refractivity contribution in [3.05, 3.63) is 59.6 Å².